The number of rotatable bonds is 2. The lowest BCUT2D eigenvalue weighted by Crippen LogP contribution is -1.96. The molecule has 4 rings (SSSR count). The van der Waals surface area contributed by atoms with E-state index in [1.165, 1.54) is 16.7 Å². The van der Waals surface area contributed by atoms with E-state index in [-0.39, 0.29) is 0 Å². The molecule has 0 aliphatic heterocycles. The van der Waals surface area contributed by atoms with Crippen LogP contribution in [-0.2, 0) is 0 Å². The highest BCUT2D eigenvalue weighted by molar-refractivity contribution is 6.06. The second-order valence-corrected chi connectivity index (χ2v) is 5.83. The van der Waals surface area contributed by atoms with Crippen LogP contribution in [0.15, 0.2) is 60.9 Å². The van der Waals surface area contributed by atoms with Crippen molar-refractivity contribution in [3.63, 3.8) is 0 Å². The Labute approximate surface area is 135 Å². The first-order valence-corrected chi connectivity index (χ1v) is 7.69. The highest BCUT2D eigenvalue weighted by Crippen LogP contribution is 2.36. The molecule has 2 aliphatic carbocycles. The van der Waals surface area contributed by atoms with Gasteiger partial charge in [-0.25, -0.2) is 9.97 Å². The van der Waals surface area contributed by atoms with Gasteiger partial charge in [0, 0.05) is 5.69 Å². The number of nitrogens with one attached hydrogen (secondary N) is 1. The van der Waals surface area contributed by atoms with Crippen LogP contribution in [0.5, 0.6) is 0 Å². The summed E-state index contributed by atoms with van der Waals surface area (Å²) < 4.78 is 0. The lowest BCUT2D eigenvalue weighted by atomic mass is 10.1. The molecule has 2 aliphatic rings. The molecule has 0 amide bonds. The zero-order chi connectivity index (χ0) is 15.8. The minimum atomic E-state index is 0.847. The van der Waals surface area contributed by atoms with Crippen LogP contribution in [0.2, 0.25) is 0 Å². The predicted molar refractivity (Wildman–Crippen MR) is 95.4 cm³/mol. The monoisotopic (exact) mass is 299 g/mol. The summed E-state index contributed by atoms with van der Waals surface area (Å²) in [5.74, 6) is 0.847. The fourth-order valence-corrected chi connectivity index (χ4v) is 2.89. The summed E-state index contributed by atoms with van der Waals surface area (Å²) >= 11 is 0. The molecule has 3 nitrogen and oxygen atoms in total. The van der Waals surface area contributed by atoms with Gasteiger partial charge in [0.15, 0.2) is 0 Å². The molecule has 0 saturated heterocycles. The van der Waals surface area contributed by atoms with Crippen LogP contribution in [0, 0.1) is 13.8 Å². The van der Waals surface area contributed by atoms with Gasteiger partial charge in [-0.2, -0.15) is 0 Å². The normalized spacial score (nSPS) is 11.0. The molecule has 0 saturated carbocycles. The maximum atomic E-state index is 4.47. The van der Waals surface area contributed by atoms with Gasteiger partial charge < -0.3 is 5.32 Å². The number of fused-ring (bicyclic) bond motifs is 3. The molecular formula is C20H17N3. The quantitative estimate of drug-likeness (QED) is 0.560. The summed E-state index contributed by atoms with van der Waals surface area (Å²) in [4.78, 5) is 8.90. The lowest BCUT2D eigenvalue weighted by molar-refractivity contribution is 1.22. The van der Waals surface area contributed by atoms with Crippen molar-refractivity contribution in [1.29, 1.82) is 0 Å². The van der Waals surface area contributed by atoms with Crippen molar-refractivity contribution in [2.75, 3.05) is 5.32 Å². The molecule has 0 fully saturated rings. The zero-order valence-corrected chi connectivity index (χ0v) is 13.2. The number of hydrogen-bond donors (Lipinski definition) is 1. The smallest absolute Gasteiger partial charge is 0.142 e. The third kappa shape index (κ3) is 2.40. The van der Waals surface area contributed by atoms with Crippen molar-refractivity contribution in [3.8, 4) is 11.1 Å². The first-order valence-electron chi connectivity index (χ1n) is 7.69. The maximum Gasteiger partial charge on any atom is 0.142 e. The summed E-state index contributed by atoms with van der Waals surface area (Å²) in [7, 11) is 0. The van der Waals surface area contributed by atoms with Gasteiger partial charge in [-0.3, -0.25) is 0 Å². The third-order valence-corrected chi connectivity index (χ3v) is 4.28. The van der Waals surface area contributed by atoms with Crippen molar-refractivity contribution < 1.29 is 0 Å². The molecule has 112 valence electrons. The van der Waals surface area contributed by atoms with Crippen LogP contribution in [0.3, 0.4) is 0 Å². The van der Waals surface area contributed by atoms with Gasteiger partial charge in [-0.05, 0) is 54.3 Å². The molecule has 2 aromatic rings. The Kier molecular flexibility index (Phi) is 3.19. The highest BCUT2D eigenvalue weighted by atomic mass is 15.0. The van der Waals surface area contributed by atoms with E-state index in [9.17, 15) is 0 Å². The Morgan fingerprint density at radius 3 is 2.57 bits per heavy atom. The molecular weight excluding hydrogens is 282 g/mol. The van der Waals surface area contributed by atoms with Crippen LogP contribution in [0.4, 0.5) is 11.5 Å². The number of nitrogens with zero attached hydrogens (tertiary/aromatic N) is 2. The van der Waals surface area contributed by atoms with Gasteiger partial charge >= 0.3 is 0 Å². The second-order valence-electron chi connectivity index (χ2n) is 5.83. The first kappa shape index (κ1) is 13.7. The number of aromatic nitrogens is 2. The van der Waals surface area contributed by atoms with Crippen LogP contribution in [0.1, 0.15) is 11.1 Å². The molecule has 23 heavy (non-hydrogen) atoms. The van der Waals surface area contributed by atoms with Crippen molar-refractivity contribution in [2.45, 2.75) is 13.8 Å². The molecule has 0 bridgehead atoms. The summed E-state index contributed by atoms with van der Waals surface area (Å²) in [6.07, 6.45) is 1.62. The van der Waals surface area contributed by atoms with E-state index < -0.39 is 0 Å². The standard InChI is InChI=1S/C20H17N3/c1-13-8-9-16(10-14(13)2)23-20-19-17-7-5-3-4-6-15(17)11-18(19)21-12-22-20/h3-12H,1-2H3,(H,21,22,23). The van der Waals surface area contributed by atoms with E-state index in [4.69, 9.17) is 0 Å². The molecule has 1 N–H and O–H groups in total. The minimum Gasteiger partial charge on any atom is -0.340 e. The van der Waals surface area contributed by atoms with Crippen molar-refractivity contribution >= 4 is 22.4 Å². The van der Waals surface area contributed by atoms with Gasteiger partial charge in [-0.1, -0.05) is 36.4 Å². The fraction of sp³-hybridized carbons (Fsp3) is 0.100. The number of anilines is 2. The van der Waals surface area contributed by atoms with Gasteiger partial charge in [0.2, 0.25) is 0 Å². The average Bonchev–Trinajstić information content (AvgIpc) is 2.74. The summed E-state index contributed by atoms with van der Waals surface area (Å²) in [6.45, 7) is 4.24. The number of benzene rings is 1. The Morgan fingerprint density at radius 2 is 1.70 bits per heavy atom. The van der Waals surface area contributed by atoms with Gasteiger partial charge in [0.25, 0.3) is 0 Å². The van der Waals surface area contributed by atoms with Gasteiger partial charge in [0.1, 0.15) is 12.1 Å². The predicted octanol–water partition coefficient (Wildman–Crippen LogP) is 5.10. The van der Waals surface area contributed by atoms with E-state index in [2.05, 4.69) is 71.6 Å². The number of aryl methyl sites for hydroxylation is 2. The molecule has 0 atom stereocenters. The van der Waals surface area contributed by atoms with Gasteiger partial charge in [-0.15, -0.1) is 0 Å². The topological polar surface area (TPSA) is 37.8 Å². The van der Waals surface area contributed by atoms with E-state index in [0.717, 1.165) is 28.0 Å². The van der Waals surface area contributed by atoms with Crippen LogP contribution in [0.25, 0.3) is 22.0 Å². The first-order chi connectivity index (χ1) is 11.2. The lowest BCUT2D eigenvalue weighted by Gasteiger charge is -2.09. The minimum absolute atomic E-state index is 0.847. The average molecular weight is 299 g/mol. The Morgan fingerprint density at radius 1 is 0.826 bits per heavy atom. The summed E-state index contributed by atoms with van der Waals surface area (Å²) in [5.41, 5.74) is 6.90. The largest absolute Gasteiger partial charge is 0.340 e. The van der Waals surface area contributed by atoms with Crippen molar-refractivity contribution in [3.05, 3.63) is 72.1 Å². The van der Waals surface area contributed by atoms with E-state index in [1.807, 2.05) is 12.1 Å². The van der Waals surface area contributed by atoms with E-state index in [1.54, 1.807) is 6.33 Å². The van der Waals surface area contributed by atoms with Crippen LogP contribution in [-0.4, -0.2) is 9.97 Å². The Hall–Kier alpha value is -2.94. The second kappa shape index (κ2) is 5.36. The third-order valence-electron chi connectivity index (χ3n) is 4.28. The van der Waals surface area contributed by atoms with Gasteiger partial charge in [0.05, 0.1) is 10.9 Å². The zero-order valence-electron chi connectivity index (χ0n) is 13.2. The Balaban J connectivity index is 1.87. The molecule has 1 aromatic heterocycles. The van der Waals surface area contributed by atoms with Crippen LogP contribution < -0.4 is 5.32 Å². The molecule has 3 heteroatoms. The molecule has 0 unspecified atom stereocenters. The highest BCUT2D eigenvalue weighted by Gasteiger charge is 2.14. The molecule has 0 radical (unpaired) electrons. The molecule has 1 heterocycles. The summed E-state index contributed by atoms with van der Waals surface area (Å²) in [5, 5.41) is 4.52. The van der Waals surface area contributed by atoms with Crippen molar-refractivity contribution in [2.24, 2.45) is 0 Å². The van der Waals surface area contributed by atoms with E-state index >= 15 is 0 Å². The molecule has 1 aromatic carbocycles. The molecule has 0 spiro atoms. The van der Waals surface area contributed by atoms with E-state index in [0.29, 0.717) is 0 Å². The fourth-order valence-electron chi connectivity index (χ4n) is 2.89. The number of hydrogen-bond acceptors (Lipinski definition) is 3. The van der Waals surface area contributed by atoms with Crippen LogP contribution >= 0.6 is 0 Å². The summed E-state index contributed by atoms with van der Waals surface area (Å²) in [6, 6.07) is 18.8. The van der Waals surface area contributed by atoms with Crippen molar-refractivity contribution in [1.82, 2.24) is 9.97 Å². The Bertz CT molecular complexity index is 975. The SMILES string of the molecule is Cc1ccc(Nc2ncnc3cc4cccccc-4c23)cc1C. The maximum absolute atomic E-state index is 4.47.